The molecule has 2 unspecified atom stereocenters. The zero-order valence-corrected chi connectivity index (χ0v) is 24.5. The van der Waals surface area contributed by atoms with Gasteiger partial charge in [0.25, 0.3) is 11.8 Å². The van der Waals surface area contributed by atoms with Crippen molar-refractivity contribution < 1.29 is 23.9 Å². The maximum Gasteiger partial charge on any atom is 0.312 e. The van der Waals surface area contributed by atoms with Gasteiger partial charge in [0.2, 0.25) is 5.91 Å². The number of hydrazine groups is 1. The van der Waals surface area contributed by atoms with Crippen molar-refractivity contribution in [1.29, 1.82) is 0 Å². The fraction of sp³-hybridized carbons (Fsp3) is 0.567. The minimum absolute atomic E-state index is 0.245. The number of hydrogen-bond donors (Lipinski definition) is 3. The first-order chi connectivity index (χ1) is 18.8. The summed E-state index contributed by atoms with van der Waals surface area (Å²) in [5, 5.41) is 7.02. The number of ether oxygens (including phenoxy) is 1. The summed E-state index contributed by atoms with van der Waals surface area (Å²) in [7, 11) is 0. The molecule has 218 valence electrons. The number of fused-ring (bicyclic) bond motifs is 4. The van der Waals surface area contributed by atoms with Crippen molar-refractivity contribution >= 4 is 41.7 Å². The van der Waals surface area contributed by atoms with Gasteiger partial charge in [-0.25, -0.2) is 5.43 Å². The molecule has 0 aromatic heterocycles. The number of aryl methyl sites for hydroxylation is 1. The molecule has 4 bridgehead atoms. The Kier molecular flexibility index (Phi) is 10.2. The van der Waals surface area contributed by atoms with Crippen LogP contribution in [0.1, 0.15) is 71.9 Å². The van der Waals surface area contributed by atoms with Crippen LogP contribution >= 0.6 is 0 Å². The Morgan fingerprint density at radius 2 is 1.85 bits per heavy atom. The van der Waals surface area contributed by atoms with E-state index in [0.29, 0.717) is 37.9 Å². The molecule has 2 heterocycles. The number of benzene rings is 1. The molecule has 40 heavy (non-hydrogen) atoms. The third kappa shape index (κ3) is 7.78. The average molecular weight is 554 g/mol. The van der Waals surface area contributed by atoms with Crippen molar-refractivity contribution in [3.05, 3.63) is 35.9 Å². The normalized spacial score (nSPS) is 26.8. The van der Waals surface area contributed by atoms with E-state index in [1.54, 1.807) is 46.9 Å². The minimum atomic E-state index is -1.06. The number of cyclic esters (lactones) is 1. The molecule has 1 fully saturated rings. The lowest BCUT2D eigenvalue weighted by Gasteiger charge is -2.35. The molecule has 0 saturated carbocycles. The van der Waals surface area contributed by atoms with Crippen molar-refractivity contribution in [3.63, 3.8) is 0 Å². The van der Waals surface area contributed by atoms with Crippen molar-refractivity contribution in [2.45, 2.75) is 91.5 Å². The number of esters is 1. The van der Waals surface area contributed by atoms with Gasteiger partial charge < -0.3 is 15.4 Å². The Morgan fingerprint density at radius 3 is 2.52 bits per heavy atom. The van der Waals surface area contributed by atoms with Gasteiger partial charge in [-0.05, 0) is 76.5 Å². The van der Waals surface area contributed by atoms with E-state index in [-0.39, 0.29) is 23.8 Å². The van der Waals surface area contributed by atoms with Gasteiger partial charge in [0.15, 0.2) is 6.10 Å². The molecule has 1 saturated heterocycles. The number of nitrogens with zero attached hydrogens (tertiary/aromatic N) is 2. The van der Waals surface area contributed by atoms with Crippen molar-refractivity contribution in [2.75, 3.05) is 6.54 Å². The van der Waals surface area contributed by atoms with Gasteiger partial charge in [0.1, 0.15) is 12.1 Å². The zero-order chi connectivity index (χ0) is 29.6. The summed E-state index contributed by atoms with van der Waals surface area (Å²) in [4.78, 5) is 57.2. The monoisotopic (exact) mass is 553 g/mol. The average Bonchev–Trinajstić information content (AvgIpc) is 2.92. The van der Waals surface area contributed by atoms with Gasteiger partial charge in [-0.2, -0.15) is 0 Å². The van der Waals surface area contributed by atoms with E-state index in [1.807, 2.05) is 25.1 Å². The summed E-state index contributed by atoms with van der Waals surface area (Å²) in [5.41, 5.74) is 4.68. The van der Waals surface area contributed by atoms with Gasteiger partial charge >= 0.3 is 5.97 Å². The summed E-state index contributed by atoms with van der Waals surface area (Å²) in [6.45, 7) is 14.9. The van der Waals surface area contributed by atoms with Crippen LogP contribution in [0.25, 0.3) is 6.08 Å². The molecule has 1 aromatic carbocycles. The molecule has 2 aliphatic rings. The summed E-state index contributed by atoms with van der Waals surface area (Å²) in [6.07, 6.45) is 4.58. The molecular weight excluding hydrogens is 510 g/mol. The third-order valence-corrected chi connectivity index (χ3v) is 7.31. The topological polar surface area (TPSA) is 129 Å². The summed E-state index contributed by atoms with van der Waals surface area (Å²) >= 11 is 0. The van der Waals surface area contributed by atoms with Crippen LogP contribution in [0.15, 0.2) is 29.8 Å². The van der Waals surface area contributed by atoms with Crippen molar-refractivity contribution in [1.82, 2.24) is 21.1 Å². The molecule has 3 amide bonds. The van der Waals surface area contributed by atoms with Crippen LogP contribution in [0.5, 0.6) is 0 Å². The summed E-state index contributed by atoms with van der Waals surface area (Å²) in [5.74, 6) is -1.94. The SMILES string of the molecule is C=Cc1ccc2cc1N=C[C@@H](C)NC(=O)C1CCCN(N1)C(=O)[C@H](C)NC(=O)C(C(C)C)OC(=O)C(C)(C)CC2. The summed E-state index contributed by atoms with van der Waals surface area (Å²) in [6, 6.07) is 3.99. The number of carbonyl (C=O) groups is 4. The minimum Gasteiger partial charge on any atom is -0.452 e. The predicted octanol–water partition coefficient (Wildman–Crippen LogP) is 3.08. The summed E-state index contributed by atoms with van der Waals surface area (Å²) < 4.78 is 5.74. The lowest BCUT2D eigenvalue weighted by atomic mass is 9.86. The number of aliphatic imine (C=N–C) groups is 1. The highest BCUT2D eigenvalue weighted by molar-refractivity contribution is 5.91. The molecule has 10 heteroatoms. The van der Waals surface area contributed by atoms with Gasteiger partial charge in [0, 0.05) is 12.8 Å². The molecular formula is C30H43N5O5. The first kappa shape index (κ1) is 31.0. The molecule has 3 N–H and O–H groups in total. The molecule has 0 aliphatic carbocycles. The van der Waals surface area contributed by atoms with Gasteiger partial charge in [-0.15, -0.1) is 0 Å². The Balaban J connectivity index is 1.94. The maximum absolute atomic E-state index is 13.2. The maximum atomic E-state index is 13.2. The number of amides is 3. The van der Waals surface area contributed by atoms with E-state index in [2.05, 4.69) is 27.6 Å². The van der Waals surface area contributed by atoms with Crippen molar-refractivity contribution in [3.8, 4) is 0 Å². The van der Waals surface area contributed by atoms with Crippen LogP contribution in [0.2, 0.25) is 0 Å². The first-order valence-electron chi connectivity index (χ1n) is 14.0. The van der Waals surface area contributed by atoms with E-state index in [9.17, 15) is 19.2 Å². The quantitative estimate of drug-likeness (QED) is 0.483. The highest BCUT2D eigenvalue weighted by Crippen LogP contribution is 2.29. The standard InChI is InChI=1S/C30H43N5O5/c1-8-22-12-11-21-13-14-30(6,7)29(39)40-25(18(2)3)27(37)33-20(5)28(38)35-15-9-10-23(34-35)26(36)32-19(4)17-31-24(22)16-21/h8,11-12,16-20,23,25,34H,1,9-10,13-15H2,2-7H3,(H,32,36)(H,33,37)/t19-,20+,23?,25?/m1/s1. The molecule has 10 nitrogen and oxygen atoms in total. The smallest absolute Gasteiger partial charge is 0.312 e. The highest BCUT2D eigenvalue weighted by Gasteiger charge is 2.37. The van der Waals surface area contributed by atoms with E-state index in [1.165, 1.54) is 5.01 Å². The third-order valence-electron chi connectivity index (χ3n) is 7.31. The van der Waals surface area contributed by atoms with E-state index in [0.717, 1.165) is 11.1 Å². The Morgan fingerprint density at radius 1 is 1.12 bits per heavy atom. The Hall–Kier alpha value is -3.53. The van der Waals surface area contributed by atoms with Gasteiger partial charge in [-0.1, -0.05) is 38.6 Å². The zero-order valence-electron chi connectivity index (χ0n) is 24.5. The lowest BCUT2D eigenvalue weighted by Crippen LogP contribution is -2.61. The van der Waals surface area contributed by atoms with Crippen LogP contribution in [-0.2, 0) is 30.3 Å². The van der Waals surface area contributed by atoms with E-state index < -0.39 is 35.5 Å². The van der Waals surface area contributed by atoms with Crippen LogP contribution in [0.3, 0.4) is 0 Å². The number of carbonyl (C=O) groups excluding carboxylic acids is 4. The van der Waals surface area contributed by atoms with E-state index in [4.69, 9.17) is 4.74 Å². The number of rotatable bonds is 2. The lowest BCUT2D eigenvalue weighted by molar-refractivity contribution is -0.167. The predicted molar refractivity (Wildman–Crippen MR) is 155 cm³/mol. The fourth-order valence-electron chi connectivity index (χ4n) is 4.63. The first-order valence-corrected chi connectivity index (χ1v) is 14.0. The van der Waals surface area contributed by atoms with E-state index >= 15 is 0 Å². The molecule has 1 aromatic rings. The second kappa shape index (κ2) is 13.2. The molecule has 4 atom stereocenters. The molecule has 2 aliphatic heterocycles. The van der Waals surface area contributed by atoms with Crippen LogP contribution in [-0.4, -0.2) is 65.7 Å². The van der Waals surface area contributed by atoms with Crippen LogP contribution in [0.4, 0.5) is 5.69 Å². The van der Waals surface area contributed by atoms with Crippen molar-refractivity contribution in [2.24, 2.45) is 16.3 Å². The highest BCUT2D eigenvalue weighted by atomic mass is 16.5. The largest absolute Gasteiger partial charge is 0.452 e. The second-order valence-electron chi connectivity index (χ2n) is 11.7. The number of nitrogens with one attached hydrogen (secondary N) is 3. The second-order valence-corrected chi connectivity index (χ2v) is 11.7. The Bertz CT molecular complexity index is 1160. The number of hydrogen-bond acceptors (Lipinski definition) is 7. The molecule has 0 radical (unpaired) electrons. The fourth-order valence-corrected chi connectivity index (χ4v) is 4.63. The van der Waals surface area contributed by atoms with Crippen LogP contribution < -0.4 is 16.1 Å². The van der Waals surface area contributed by atoms with Gasteiger partial charge in [0.05, 0.1) is 17.1 Å². The molecule has 0 spiro atoms. The van der Waals surface area contributed by atoms with Crippen LogP contribution in [0, 0.1) is 11.3 Å². The molecule has 3 rings (SSSR count). The van der Waals surface area contributed by atoms with Gasteiger partial charge in [-0.3, -0.25) is 29.2 Å². The Labute approximate surface area is 237 Å².